The summed E-state index contributed by atoms with van der Waals surface area (Å²) in [7, 11) is -0.129. The van der Waals surface area contributed by atoms with E-state index in [0.717, 1.165) is 16.9 Å². The third kappa shape index (κ3) is 4.62. The van der Waals surface area contributed by atoms with Gasteiger partial charge in [-0.15, -0.1) is 0 Å². The van der Waals surface area contributed by atoms with Gasteiger partial charge in [0.05, 0.1) is 26.9 Å². The lowest BCUT2D eigenvalue weighted by molar-refractivity contribution is -0.172. The Morgan fingerprint density at radius 2 is 1.96 bits per heavy atom. The van der Waals surface area contributed by atoms with Gasteiger partial charge >= 0.3 is 0 Å². The minimum atomic E-state index is -1.82. The summed E-state index contributed by atoms with van der Waals surface area (Å²) in [6.07, 6.45) is 1.91. The number of thioether (sulfide) groups is 1. The van der Waals surface area contributed by atoms with Crippen molar-refractivity contribution in [3.8, 4) is 5.75 Å². The zero-order valence-corrected chi connectivity index (χ0v) is 19.4. The number of benzene rings is 1. The van der Waals surface area contributed by atoms with Crippen molar-refractivity contribution in [3.63, 3.8) is 0 Å². The van der Waals surface area contributed by atoms with E-state index in [2.05, 4.69) is 46.0 Å². The lowest BCUT2D eigenvalue weighted by atomic mass is 9.90. The monoisotopic (exact) mass is 414 g/mol. The molecule has 26 heavy (non-hydrogen) atoms. The van der Waals surface area contributed by atoms with Gasteiger partial charge in [0.1, 0.15) is 5.75 Å². The van der Waals surface area contributed by atoms with E-state index < -0.39 is 13.9 Å². The summed E-state index contributed by atoms with van der Waals surface area (Å²) in [4.78, 5) is 0. The molecule has 0 radical (unpaired) electrons. The number of hydrogen-bond donors (Lipinski definition) is 0. The standard InChI is InChI=1S/C19H30O4S2Si/c1-18(2,3)26(6,7)22-11-14-8-9-15(10-16(14)20-4)19(12-21-13-19)23-17(24)25-5/h8-10H,11-13H2,1-7H3. The van der Waals surface area contributed by atoms with Crippen LogP contribution in [0.5, 0.6) is 5.75 Å². The molecule has 4 nitrogen and oxygen atoms in total. The van der Waals surface area contributed by atoms with Gasteiger partial charge in [-0.3, -0.25) is 0 Å². The fraction of sp³-hybridized carbons (Fsp3) is 0.632. The van der Waals surface area contributed by atoms with Crippen LogP contribution < -0.4 is 4.74 Å². The molecule has 0 unspecified atom stereocenters. The Morgan fingerprint density at radius 3 is 2.42 bits per heavy atom. The van der Waals surface area contributed by atoms with Crippen molar-refractivity contribution in [1.82, 2.24) is 0 Å². The van der Waals surface area contributed by atoms with Gasteiger partial charge in [0.15, 0.2) is 13.9 Å². The van der Waals surface area contributed by atoms with Gasteiger partial charge in [0.2, 0.25) is 4.38 Å². The molecule has 1 saturated heterocycles. The topological polar surface area (TPSA) is 36.9 Å². The highest BCUT2D eigenvalue weighted by molar-refractivity contribution is 8.22. The average molecular weight is 415 g/mol. The van der Waals surface area contributed by atoms with Gasteiger partial charge in [-0.1, -0.05) is 44.7 Å². The molecule has 1 aliphatic heterocycles. The van der Waals surface area contributed by atoms with Gasteiger partial charge in [-0.05, 0) is 42.7 Å². The van der Waals surface area contributed by atoms with Crippen LogP contribution in [0, 0.1) is 0 Å². The van der Waals surface area contributed by atoms with Crippen molar-refractivity contribution in [3.05, 3.63) is 29.3 Å². The SMILES string of the molecule is COc1cc(C2(OC(=S)SC)COC2)ccc1CO[Si](C)(C)C(C)(C)C. The smallest absolute Gasteiger partial charge is 0.220 e. The summed E-state index contributed by atoms with van der Waals surface area (Å²) < 4.78 is 23.9. The van der Waals surface area contributed by atoms with E-state index >= 15 is 0 Å². The van der Waals surface area contributed by atoms with Crippen molar-refractivity contribution >= 4 is 36.7 Å². The molecule has 0 saturated carbocycles. The maximum Gasteiger partial charge on any atom is 0.220 e. The van der Waals surface area contributed by atoms with E-state index in [4.69, 9.17) is 30.9 Å². The van der Waals surface area contributed by atoms with Gasteiger partial charge in [0, 0.05) is 11.1 Å². The molecule has 0 bridgehead atoms. The first-order valence-electron chi connectivity index (χ1n) is 8.71. The molecule has 7 heteroatoms. The zero-order valence-electron chi connectivity index (χ0n) is 16.8. The molecule has 0 aliphatic carbocycles. The van der Waals surface area contributed by atoms with Crippen LogP contribution in [0.4, 0.5) is 0 Å². The Hall–Kier alpha value is -0.603. The van der Waals surface area contributed by atoms with Gasteiger partial charge in [-0.25, -0.2) is 0 Å². The molecular weight excluding hydrogens is 384 g/mol. The largest absolute Gasteiger partial charge is 0.496 e. The van der Waals surface area contributed by atoms with Crippen LogP contribution in [0.1, 0.15) is 31.9 Å². The fourth-order valence-electron chi connectivity index (χ4n) is 2.40. The van der Waals surface area contributed by atoms with E-state index in [1.54, 1.807) is 7.11 Å². The molecule has 1 heterocycles. The zero-order chi connectivity index (χ0) is 19.6. The molecule has 0 spiro atoms. The van der Waals surface area contributed by atoms with Crippen LogP contribution in [0.15, 0.2) is 18.2 Å². The number of thiocarbonyl (C=S) groups is 1. The number of hydrogen-bond acceptors (Lipinski definition) is 6. The van der Waals surface area contributed by atoms with Crippen LogP contribution in [0.25, 0.3) is 0 Å². The van der Waals surface area contributed by atoms with Crippen molar-refractivity contribution in [2.45, 2.75) is 51.1 Å². The van der Waals surface area contributed by atoms with Crippen LogP contribution in [0.2, 0.25) is 18.1 Å². The minimum absolute atomic E-state index is 0.175. The Kier molecular flexibility index (Phi) is 6.83. The molecular formula is C19H30O4S2Si. The van der Waals surface area contributed by atoms with Crippen LogP contribution in [-0.2, 0) is 26.1 Å². The first-order chi connectivity index (χ1) is 12.0. The van der Waals surface area contributed by atoms with Crippen LogP contribution >= 0.6 is 24.0 Å². The number of methoxy groups -OCH3 is 1. The second-order valence-corrected chi connectivity index (χ2v) is 14.3. The predicted octanol–water partition coefficient (Wildman–Crippen LogP) is 5.11. The lowest BCUT2D eigenvalue weighted by Gasteiger charge is -2.41. The van der Waals surface area contributed by atoms with E-state index in [1.165, 1.54) is 11.8 Å². The molecule has 0 aromatic heterocycles. The number of ether oxygens (including phenoxy) is 3. The van der Waals surface area contributed by atoms with Crippen molar-refractivity contribution in [1.29, 1.82) is 0 Å². The second kappa shape index (κ2) is 8.18. The summed E-state index contributed by atoms with van der Waals surface area (Å²) in [6.45, 7) is 12.8. The van der Waals surface area contributed by atoms with Crippen LogP contribution in [0.3, 0.4) is 0 Å². The third-order valence-electron chi connectivity index (χ3n) is 5.32. The summed E-state index contributed by atoms with van der Waals surface area (Å²) in [6, 6.07) is 6.15. The highest BCUT2D eigenvalue weighted by Gasteiger charge is 2.44. The Balaban J connectivity index is 2.21. The maximum absolute atomic E-state index is 6.35. The van der Waals surface area contributed by atoms with E-state index in [9.17, 15) is 0 Å². The molecule has 1 aromatic carbocycles. The van der Waals surface area contributed by atoms with Gasteiger partial charge < -0.3 is 18.6 Å². The maximum atomic E-state index is 6.35. The quantitative estimate of drug-likeness (QED) is 0.476. The molecule has 0 atom stereocenters. The molecule has 2 rings (SSSR count). The van der Waals surface area contributed by atoms with Gasteiger partial charge in [0.25, 0.3) is 0 Å². The van der Waals surface area contributed by atoms with E-state index in [-0.39, 0.29) is 5.04 Å². The highest BCUT2D eigenvalue weighted by atomic mass is 32.2. The predicted molar refractivity (Wildman–Crippen MR) is 115 cm³/mol. The molecule has 1 aromatic rings. The summed E-state index contributed by atoms with van der Waals surface area (Å²) in [5.41, 5.74) is 1.56. The third-order valence-corrected chi connectivity index (χ3v) is 10.8. The first-order valence-corrected chi connectivity index (χ1v) is 13.2. The fourth-order valence-corrected chi connectivity index (χ4v) is 3.75. The van der Waals surface area contributed by atoms with Crippen molar-refractivity contribution in [2.75, 3.05) is 26.6 Å². The Labute approximate surface area is 168 Å². The summed E-state index contributed by atoms with van der Waals surface area (Å²) in [5, 5.41) is 0.175. The molecule has 146 valence electrons. The molecule has 1 fully saturated rings. The minimum Gasteiger partial charge on any atom is -0.496 e. The summed E-state index contributed by atoms with van der Waals surface area (Å²) >= 11 is 6.68. The average Bonchev–Trinajstić information content (AvgIpc) is 2.54. The van der Waals surface area contributed by atoms with E-state index in [0.29, 0.717) is 24.2 Å². The Morgan fingerprint density at radius 1 is 1.31 bits per heavy atom. The van der Waals surface area contributed by atoms with E-state index in [1.807, 2.05) is 12.3 Å². The van der Waals surface area contributed by atoms with Crippen molar-refractivity contribution in [2.24, 2.45) is 0 Å². The summed E-state index contributed by atoms with van der Waals surface area (Å²) in [5.74, 6) is 0.811. The Bertz CT molecular complexity index is 651. The first kappa shape index (κ1) is 21.7. The molecule has 1 aliphatic rings. The van der Waals surface area contributed by atoms with Gasteiger partial charge in [-0.2, -0.15) is 0 Å². The normalized spacial score (nSPS) is 16.7. The molecule has 0 N–H and O–H groups in total. The highest BCUT2D eigenvalue weighted by Crippen LogP contribution is 2.40. The second-order valence-electron chi connectivity index (χ2n) is 8.12. The van der Waals surface area contributed by atoms with Crippen molar-refractivity contribution < 1.29 is 18.6 Å². The molecule has 0 amide bonds. The van der Waals surface area contributed by atoms with Crippen LogP contribution in [-0.4, -0.2) is 39.3 Å². The lowest BCUT2D eigenvalue weighted by Crippen LogP contribution is -2.49. The number of rotatable bonds is 6.